The molecule has 2 fully saturated rings. The van der Waals surface area contributed by atoms with E-state index in [1.165, 1.54) is 12.1 Å². The van der Waals surface area contributed by atoms with Crippen LogP contribution in [0.2, 0.25) is 0 Å². The molecule has 0 unspecified atom stereocenters. The van der Waals surface area contributed by atoms with Gasteiger partial charge in [0, 0.05) is 33.3 Å². The maximum Gasteiger partial charge on any atom is 0.231 e. The van der Waals surface area contributed by atoms with Gasteiger partial charge in [0.05, 0.1) is 18.4 Å². The molecule has 3 rings (SSSR count). The van der Waals surface area contributed by atoms with Crippen molar-refractivity contribution in [1.29, 1.82) is 0 Å². The Labute approximate surface area is 147 Å². The van der Waals surface area contributed by atoms with Gasteiger partial charge in [-0.15, -0.1) is 0 Å². The Morgan fingerprint density at radius 1 is 1.36 bits per heavy atom. The van der Waals surface area contributed by atoms with Crippen LogP contribution in [0, 0.1) is 17.2 Å². The molecular weight excluding hydrogens is 323 g/mol. The average molecular weight is 348 g/mol. The zero-order valence-electron chi connectivity index (χ0n) is 14.8. The summed E-state index contributed by atoms with van der Waals surface area (Å²) < 4.78 is 18.1. The smallest absolute Gasteiger partial charge is 0.231 e. The number of hydrogen-bond acceptors (Lipinski definition) is 3. The van der Waals surface area contributed by atoms with E-state index in [0.717, 1.165) is 18.5 Å². The predicted molar refractivity (Wildman–Crippen MR) is 91.4 cm³/mol. The summed E-state index contributed by atoms with van der Waals surface area (Å²) in [6, 6.07) is 6.00. The lowest BCUT2D eigenvalue weighted by Gasteiger charge is -2.26. The summed E-state index contributed by atoms with van der Waals surface area (Å²) in [4.78, 5) is 29.2. The van der Waals surface area contributed by atoms with Crippen LogP contribution in [0.3, 0.4) is 0 Å². The van der Waals surface area contributed by atoms with E-state index in [0.29, 0.717) is 26.2 Å². The molecule has 2 heterocycles. The minimum atomic E-state index is -0.452. The summed E-state index contributed by atoms with van der Waals surface area (Å²) in [7, 11) is 1.63. The number of carbonyl (C=O) groups excluding carboxylic acids is 2. The van der Waals surface area contributed by atoms with E-state index in [9.17, 15) is 14.0 Å². The summed E-state index contributed by atoms with van der Waals surface area (Å²) in [5.74, 6) is -0.0185. The van der Waals surface area contributed by atoms with Crippen LogP contribution in [0.4, 0.5) is 4.39 Å². The van der Waals surface area contributed by atoms with Gasteiger partial charge in [-0.3, -0.25) is 9.59 Å². The van der Waals surface area contributed by atoms with Gasteiger partial charge in [-0.05, 0) is 30.0 Å². The van der Waals surface area contributed by atoms with E-state index in [-0.39, 0.29) is 30.0 Å². The van der Waals surface area contributed by atoms with E-state index < -0.39 is 5.41 Å². The number of benzene rings is 1. The van der Waals surface area contributed by atoms with Crippen LogP contribution in [0.25, 0.3) is 0 Å². The molecule has 0 aromatic heterocycles. The highest BCUT2D eigenvalue weighted by Crippen LogP contribution is 2.44. The van der Waals surface area contributed by atoms with Gasteiger partial charge >= 0.3 is 0 Å². The van der Waals surface area contributed by atoms with Gasteiger partial charge in [-0.2, -0.15) is 0 Å². The molecule has 2 aliphatic heterocycles. The van der Waals surface area contributed by atoms with Crippen molar-refractivity contribution in [3.8, 4) is 0 Å². The molecule has 2 saturated heterocycles. The molecule has 136 valence electrons. The first-order valence-electron chi connectivity index (χ1n) is 8.77. The van der Waals surface area contributed by atoms with Crippen LogP contribution in [0.5, 0.6) is 0 Å². The highest BCUT2D eigenvalue weighted by Gasteiger charge is 2.55. The third kappa shape index (κ3) is 3.40. The number of ether oxygens (including phenoxy) is 1. The number of rotatable bonds is 5. The van der Waals surface area contributed by atoms with Crippen LogP contribution in [-0.2, 0) is 20.7 Å². The van der Waals surface area contributed by atoms with Crippen molar-refractivity contribution < 1.29 is 18.7 Å². The zero-order chi connectivity index (χ0) is 18.0. The molecule has 0 aliphatic carbocycles. The van der Waals surface area contributed by atoms with Crippen LogP contribution < -0.4 is 0 Å². The fraction of sp³-hybridized carbons (Fsp3) is 0.579. The maximum atomic E-state index is 13.0. The van der Waals surface area contributed by atoms with Crippen molar-refractivity contribution >= 4 is 11.8 Å². The molecule has 1 spiro atoms. The largest absolute Gasteiger partial charge is 0.383 e. The molecule has 5 nitrogen and oxygen atoms in total. The monoisotopic (exact) mass is 348 g/mol. The molecule has 0 N–H and O–H groups in total. The van der Waals surface area contributed by atoms with E-state index in [1.807, 2.05) is 4.90 Å². The molecule has 0 saturated carbocycles. The van der Waals surface area contributed by atoms with Crippen LogP contribution >= 0.6 is 0 Å². The van der Waals surface area contributed by atoms with Gasteiger partial charge in [-0.25, -0.2) is 4.39 Å². The van der Waals surface area contributed by atoms with Crippen molar-refractivity contribution in [2.75, 3.05) is 39.9 Å². The minimum Gasteiger partial charge on any atom is -0.383 e. The normalized spacial score (nSPS) is 26.0. The lowest BCUT2D eigenvalue weighted by atomic mass is 9.78. The Hall–Kier alpha value is -1.95. The second-order valence-corrected chi connectivity index (χ2v) is 7.17. The molecule has 6 heteroatoms. The quantitative estimate of drug-likeness (QED) is 0.814. The number of methoxy groups -OCH3 is 1. The second kappa shape index (κ2) is 7.12. The van der Waals surface area contributed by atoms with E-state index in [4.69, 9.17) is 4.74 Å². The van der Waals surface area contributed by atoms with E-state index in [2.05, 4.69) is 6.92 Å². The van der Waals surface area contributed by atoms with Gasteiger partial charge < -0.3 is 14.5 Å². The zero-order valence-corrected chi connectivity index (χ0v) is 14.8. The molecule has 0 radical (unpaired) electrons. The summed E-state index contributed by atoms with van der Waals surface area (Å²) in [5.41, 5.74) is 0.339. The van der Waals surface area contributed by atoms with Gasteiger partial charge in [0.2, 0.25) is 11.8 Å². The lowest BCUT2D eigenvalue weighted by molar-refractivity contribution is -0.138. The standard InChI is InChI=1S/C19H25FN2O3/c1-14-12-22(17(23)11-15-3-5-16(20)6-4-15)13-19(14)7-8-21(18(19)24)9-10-25-2/h3-6,14H,7-13H2,1-2H3/t14-,19-/m0/s1. The molecule has 1 aromatic rings. The Balaban J connectivity index is 1.65. The molecule has 2 aliphatic rings. The Morgan fingerprint density at radius 2 is 2.08 bits per heavy atom. The van der Waals surface area contributed by atoms with Crippen molar-refractivity contribution in [2.24, 2.45) is 11.3 Å². The van der Waals surface area contributed by atoms with Crippen molar-refractivity contribution in [3.63, 3.8) is 0 Å². The number of amides is 2. The molecule has 0 bridgehead atoms. The molecule has 2 atom stereocenters. The second-order valence-electron chi connectivity index (χ2n) is 7.17. The first-order chi connectivity index (χ1) is 12.0. The summed E-state index contributed by atoms with van der Waals surface area (Å²) in [6.07, 6.45) is 1.03. The summed E-state index contributed by atoms with van der Waals surface area (Å²) in [6.45, 7) is 5.01. The Kier molecular flexibility index (Phi) is 5.08. The summed E-state index contributed by atoms with van der Waals surface area (Å²) in [5, 5.41) is 0. The lowest BCUT2D eigenvalue weighted by Crippen LogP contribution is -2.41. The number of nitrogens with zero attached hydrogens (tertiary/aromatic N) is 2. The first kappa shape index (κ1) is 17.9. The average Bonchev–Trinajstić information content (AvgIpc) is 3.10. The molecule has 25 heavy (non-hydrogen) atoms. The number of halogens is 1. The van der Waals surface area contributed by atoms with Gasteiger partial charge in [0.1, 0.15) is 5.82 Å². The van der Waals surface area contributed by atoms with E-state index >= 15 is 0 Å². The molecule has 1 aromatic carbocycles. The minimum absolute atomic E-state index is 0.00141. The van der Waals surface area contributed by atoms with Gasteiger partial charge in [-0.1, -0.05) is 19.1 Å². The molecular formula is C19H25FN2O3. The number of hydrogen-bond donors (Lipinski definition) is 0. The van der Waals surface area contributed by atoms with Crippen molar-refractivity contribution in [1.82, 2.24) is 9.80 Å². The Bertz CT molecular complexity index is 649. The van der Waals surface area contributed by atoms with Crippen molar-refractivity contribution in [2.45, 2.75) is 19.8 Å². The van der Waals surface area contributed by atoms with Crippen molar-refractivity contribution in [3.05, 3.63) is 35.6 Å². The van der Waals surface area contributed by atoms with Gasteiger partial charge in [0.15, 0.2) is 0 Å². The Morgan fingerprint density at radius 3 is 2.76 bits per heavy atom. The maximum absolute atomic E-state index is 13.0. The number of likely N-dealkylation sites (tertiary alicyclic amines) is 2. The van der Waals surface area contributed by atoms with E-state index in [1.54, 1.807) is 24.1 Å². The third-order valence-corrected chi connectivity index (χ3v) is 5.64. The fourth-order valence-electron chi connectivity index (χ4n) is 4.02. The highest BCUT2D eigenvalue weighted by molar-refractivity contribution is 5.88. The van der Waals surface area contributed by atoms with Gasteiger partial charge in [0.25, 0.3) is 0 Å². The third-order valence-electron chi connectivity index (χ3n) is 5.64. The van der Waals surface area contributed by atoms with Crippen LogP contribution in [-0.4, -0.2) is 61.5 Å². The fourth-order valence-corrected chi connectivity index (χ4v) is 4.02. The highest BCUT2D eigenvalue weighted by atomic mass is 19.1. The van der Waals surface area contributed by atoms with Crippen LogP contribution in [0.15, 0.2) is 24.3 Å². The summed E-state index contributed by atoms with van der Waals surface area (Å²) >= 11 is 0. The van der Waals surface area contributed by atoms with Crippen LogP contribution in [0.1, 0.15) is 18.9 Å². The predicted octanol–water partition coefficient (Wildman–Crippen LogP) is 1.71. The molecule has 2 amide bonds. The first-order valence-corrected chi connectivity index (χ1v) is 8.77. The SMILES string of the molecule is COCCN1CC[C@@]2(CN(C(=O)Cc3ccc(F)cc3)C[C@@H]2C)C1=O. The topological polar surface area (TPSA) is 49.9 Å². The number of carbonyl (C=O) groups is 2.